The smallest absolute Gasteiger partial charge is 0.0409 e. The van der Waals surface area contributed by atoms with Crippen molar-refractivity contribution in [2.24, 2.45) is 5.92 Å². The Bertz CT molecular complexity index is 333. The predicted molar refractivity (Wildman–Crippen MR) is 60.7 cm³/mol. The van der Waals surface area contributed by atoms with Gasteiger partial charge in [0.1, 0.15) is 0 Å². The van der Waals surface area contributed by atoms with Crippen LogP contribution in [0.15, 0.2) is 18.2 Å². The zero-order valence-electron chi connectivity index (χ0n) is 8.68. The third-order valence-electron chi connectivity index (χ3n) is 2.87. The summed E-state index contributed by atoms with van der Waals surface area (Å²) < 4.78 is 0. The molecule has 1 aromatic rings. The van der Waals surface area contributed by atoms with E-state index in [0.717, 1.165) is 18.0 Å². The van der Waals surface area contributed by atoms with Crippen molar-refractivity contribution in [3.05, 3.63) is 34.3 Å². The first kappa shape index (κ1) is 10.0. The van der Waals surface area contributed by atoms with Crippen LogP contribution in [-0.2, 0) is 6.42 Å². The van der Waals surface area contributed by atoms with Crippen molar-refractivity contribution in [3.8, 4) is 0 Å². The van der Waals surface area contributed by atoms with E-state index >= 15 is 0 Å². The van der Waals surface area contributed by atoms with Gasteiger partial charge in [-0.05, 0) is 42.1 Å². The lowest BCUT2D eigenvalue weighted by atomic mass is 9.88. The number of hydrogen-bond donors (Lipinski definition) is 1. The Morgan fingerprint density at radius 1 is 1.43 bits per heavy atom. The van der Waals surface area contributed by atoms with E-state index in [2.05, 4.69) is 31.3 Å². The van der Waals surface area contributed by atoms with Crippen molar-refractivity contribution in [1.29, 1.82) is 0 Å². The molecule has 0 bridgehead atoms. The molecule has 1 N–H and O–H groups in total. The van der Waals surface area contributed by atoms with Gasteiger partial charge < -0.3 is 5.32 Å². The topological polar surface area (TPSA) is 12.0 Å². The highest BCUT2D eigenvalue weighted by Crippen LogP contribution is 2.30. The maximum Gasteiger partial charge on any atom is 0.0409 e. The molecule has 2 rings (SSSR count). The molecule has 0 saturated carbocycles. The number of halogens is 1. The van der Waals surface area contributed by atoms with Crippen molar-refractivity contribution < 1.29 is 0 Å². The maximum atomic E-state index is 6.02. The van der Waals surface area contributed by atoms with Crippen LogP contribution in [0.5, 0.6) is 0 Å². The summed E-state index contributed by atoms with van der Waals surface area (Å²) in [5.41, 5.74) is 2.84. The lowest BCUT2D eigenvalue weighted by Crippen LogP contribution is -2.32. The first-order valence-corrected chi connectivity index (χ1v) is 5.58. The van der Waals surface area contributed by atoms with Crippen LogP contribution in [0.2, 0.25) is 5.02 Å². The lowest BCUT2D eigenvalue weighted by molar-refractivity contribution is 0.395. The average Bonchev–Trinajstić information content (AvgIpc) is 2.16. The highest BCUT2D eigenvalue weighted by Gasteiger charge is 2.22. The molecule has 0 saturated heterocycles. The van der Waals surface area contributed by atoms with Gasteiger partial charge in [0.25, 0.3) is 0 Å². The van der Waals surface area contributed by atoms with Crippen LogP contribution >= 0.6 is 11.6 Å². The zero-order valence-corrected chi connectivity index (χ0v) is 9.43. The number of benzene rings is 1. The minimum absolute atomic E-state index is 0.470. The number of fused-ring (bicyclic) bond motifs is 1. The molecule has 1 aliphatic rings. The minimum atomic E-state index is 0.470. The Hall–Kier alpha value is -0.530. The second kappa shape index (κ2) is 3.92. The third kappa shape index (κ3) is 1.79. The number of hydrogen-bond acceptors (Lipinski definition) is 1. The predicted octanol–water partition coefficient (Wildman–Crippen LogP) is 3.18. The third-order valence-corrected chi connectivity index (χ3v) is 3.10. The second-order valence-corrected chi connectivity index (χ2v) is 4.71. The number of nitrogens with one attached hydrogen (secondary N) is 1. The van der Waals surface area contributed by atoms with Crippen LogP contribution in [0, 0.1) is 5.92 Å². The van der Waals surface area contributed by atoms with Gasteiger partial charge >= 0.3 is 0 Å². The summed E-state index contributed by atoms with van der Waals surface area (Å²) in [6, 6.07) is 6.72. The minimum Gasteiger partial charge on any atom is -0.309 e. The molecule has 0 spiro atoms. The van der Waals surface area contributed by atoms with Gasteiger partial charge in [-0.1, -0.05) is 31.5 Å². The molecule has 2 heteroatoms. The van der Waals surface area contributed by atoms with Crippen molar-refractivity contribution in [1.82, 2.24) is 5.32 Å². The van der Waals surface area contributed by atoms with E-state index in [4.69, 9.17) is 11.6 Å². The van der Waals surface area contributed by atoms with E-state index in [1.165, 1.54) is 11.1 Å². The van der Waals surface area contributed by atoms with Crippen LogP contribution in [0.3, 0.4) is 0 Å². The van der Waals surface area contributed by atoms with E-state index in [-0.39, 0.29) is 0 Å². The van der Waals surface area contributed by atoms with Crippen molar-refractivity contribution >= 4 is 11.6 Å². The molecule has 1 aliphatic heterocycles. The van der Waals surface area contributed by atoms with Crippen molar-refractivity contribution in [2.75, 3.05) is 6.54 Å². The van der Waals surface area contributed by atoms with Gasteiger partial charge in [0, 0.05) is 11.1 Å². The van der Waals surface area contributed by atoms with Gasteiger partial charge in [0.05, 0.1) is 0 Å². The second-order valence-electron chi connectivity index (χ2n) is 4.27. The molecule has 1 atom stereocenters. The Morgan fingerprint density at radius 2 is 2.21 bits per heavy atom. The van der Waals surface area contributed by atoms with Crippen LogP contribution < -0.4 is 5.32 Å². The lowest BCUT2D eigenvalue weighted by Gasteiger charge is -2.30. The van der Waals surface area contributed by atoms with Crippen molar-refractivity contribution in [3.63, 3.8) is 0 Å². The van der Waals surface area contributed by atoms with E-state index in [0.29, 0.717) is 12.0 Å². The molecule has 1 unspecified atom stereocenters. The van der Waals surface area contributed by atoms with Gasteiger partial charge in [0.15, 0.2) is 0 Å². The van der Waals surface area contributed by atoms with E-state index in [1.807, 2.05) is 6.07 Å². The quantitative estimate of drug-likeness (QED) is 0.749. The van der Waals surface area contributed by atoms with Crippen LogP contribution in [0.1, 0.15) is 31.0 Å². The highest BCUT2D eigenvalue weighted by atomic mass is 35.5. The normalized spacial score (nSPS) is 21.0. The molecule has 0 fully saturated rings. The maximum absolute atomic E-state index is 6.02. The summed E-state index contributed by atoms with van der Waals surface area (Å²) in [5, 5.41) is 4.39. The first-order chi connectivity index (χ1) is 6.68. The fourth-order valence-electron chi connectivity index (χ4n) is 2.15. The summed E-state index contributed by atoms with van der Waals surface area (Å²) in [7, 11) is 0. The first-order valence-electron chi connectivity index (χ1n) is 5.20. The summed E-state index contributed by atoms with van der Waals surface area (Å²) in [4.78, 5) is 0. The molecular weight excluding hydrogens is 194 g/mol. The molecular formula is C12H16ClN. The van der Waals surface area contributed by atoms with Gasteiger partial charge in [-0.2, -0.15) is 0 Å². The fourth-order valence-corrected chi connectivity index (χ4v) is 2.33. The Balaban J connectivity index is 2.41. The molecule has 0 amide bonds. The van der Waals surface area contributed by atoms with E-state index < -0.39 is 0 Å². The molecule has 0 aromatic heterocycles. The average molecular weight is 210 g/mol. The molecule has 0 aliphatic carbocycles. The molecule has 0 radical (unpaired) electrons. The fraction of sp³-hybridized carbons (Fsp3) is 0.500. The largest absolute Gasteiger partial charge is 0.309 e. The summed E-state index contributed by atoms with van der Waals surface area (Å²) in [6.45, 7) is 5.57. The van der Waals surface area contributed by atoms with Crippen LogP contribution in [0.4, 0.5) is 0 Å². The monoisotopic (exact) mass is 209 g/mol. The van der Waals surface area contributed by atoms with Gasteiger partial charge in [0.2, 0.25) is 0 Å². The Kier molecular flexibility index (Phi) is 2.80. The Labute approximate surface area is 90.5 Å². The van der Waals surface area contributed by atoms with Gasteiger partial charge in [-0.3, -0.25) is 0 Å². The van der Waals surface area contributed by atoms with Gasteiger partial charge in [-0.25, -0.2) is 0 Å². The zero-order chi connectivity index (χ0) is 10.1. The molecule has 1 aromatic carbocycles. The SMILES string of the molecule is CC(C)C1NCCc2ccc(Cl)cc21. The standard InChI is InChI=1S/C12H16ClN/c1-8(2)12-11-7-10(13)4-3-9(11)5-6-14-12/h3-4,7-8,12,14H,5-6H2,1-2H3. The van der Waals surface area contributed by atoms with Crippen molar-refractivity contribution in [2.45, 2.75) is 26.3 Å². The number of rotatable bonds is 1. The molecule has 76 valence electrons. The molecule has 1 nitrogen and oxygen atoms in total. The summed E-state index contributed by atoms with van der Waals surface area (Å²) in [6.07, 6.45) is 1.12. The molecule has 1 heterocycles. The molecule has 14 heavy (non-hydrogen) atoms. The van der Waals surface area contributed by atoms with Gasteiger partial charge in [-0.15, -0.1) is 0 Å². The van der Waals surface area contributed by atoms with Crippen LogP contribution in [0.25, 0.3) is 0 Å². The van der Waals surface area contributed by atoms with Crippen LogP contribution in [-0.4, -0.2) is 6.54 Å². The van der Waals surface area contributed by atoms with E-state index in [9.17, 15) is 0 Å². The van der Waals surface area contributed by atoms with E-state index in [1.54, 1.807) is 0 Å². The Morgan fingerprint density at radius 3 is 2.93 bits per heavy atom. The highest BCUT2D eigenvalue weighted by molar-refractivity contribution is 6.30. The summed E-state index contributed by atoms with van der Waals surface area (Å²) >= 11 is 6.02. The summed E-state index contributed by atoms with van der Waals surface area (Å²) in [5.74, 6) is 0.618.